The van der Waals surface area contributed by atoms with E-state index in [1.807, 2.05) is 0 Å². The molecule has 0 aromatic heterocycles. The van der Waals surface area contributed by atoms with Gasteiger partial charge in [-0.2, -0.15) is 4.31 Å². The van der Waals surface area contributed by atoms with Gasteiger partial charge in [0, 0.05) is 27.8 Å². The first kappa shape index (κ1) is 24.4. The molecule has 3 aromatic carbocycles. The van der Waals surface area contributed by atoms with Crippen LogP contribution in [0.5, 0.6) is 0 Å². The highest BCUT2D eigenvalue weighted by Crippen LogP contribution is 2.26. The van der Waals surface area contributed by atoms with Crippen LogP contribution in [0.15, 0.2) is 65.6 Å². The minimum absolute atomic E-state index is 0.00651. The van der Waals surface area contributed by atoms with Crippen molar-refractivity contribution in [3.05, 3.63) is 92.9 Å². The van der Waals surface area contributed by atoms with E-state index < -0.39 is 40.7 Å². The van der Waals surface area contributed by atoms with Crippen LogP contribution in [0, 0.1) is 11.6 Å². The molecule has 3 aromatic rings. The van der Waals surface area contributed by atoms with E-state index >= 15 is 0 Å². The van der Waals surface area contributed by atoms with E-state index in [9.17, 15) is 22.0 Å². The second-order valence-corrected chi connectivity index (χ2v) is 9.79. The van der Waals surface area contributed by atoms with Crippen molar-refractivity contribution >= 4 is 56.4 Å². The van der Waals surface area contributed by atoms with Gasteiger partial charge in [0.05, 0.1) is 16.5 Å². The predicted molar refractivity (Wildman–Crippen MR) is 120 cm³/mol. The van der Waals surface area contributed by atoms with Crippen LogP contribution >= 0.6 is 34.8 Å². The maximum atomic E-state index is 14.3. The summed E-state index contributed by atoms with van der Waals surface area (Å²) in [4.78, 5) is 12.5. The van der Waals surface area contributed by atoms with Gasteiger partial charge in [0.1, 0.15) is 11.6 Å². The van der Waals surface area contributed by atoms with Crippen molar-refractivity contribution in [2.24, 2.45) is 0 Å². The molecule has 11 heteroatoms. The van der Waals surface area contributed by atoms with Gasteiger partial charge in [-0.25, -0.2) is 17.2 Å². The lowest BCUT2D eigenvalue weighted by Crippen LogP contribution is -2.37. The third kappa shape index (κ3) is 5.76. The maximum Gasteiger partial charge on any atom is 0.243 e. The number of carbonyl (C=O) groups excluding carboxylic acids is 1. The number of nitrogens with zero attached hydrogens (tertiary/aromatic N) is 1. The van der Waals surface area contributed by atoms with E-state index in [0.29, 0.717) is 5.02 Å². The zero-order chi connectivity index (χ0) is 23.5. The Morgan fingerprint density at radius 2 is 1.59 bits per heavy atom. The Kier molecular flexibility index (Phi) is 7.74. The Morgan fingerprint density at radius 3 is 2.22 bits per heavy atom. The molecule has 0 bridgehead atoms. The van der Waals surface area contributed by atoms with Crippen LogP contribution in [0.4, 0.5) is 14.5 Å². The average Bonchev–Trinajstić information content (AvgIpc) is 2.73. The number of rotatable bonds is 7. The highest BCUT2D eigenvalue weighted by molar-refractivity contribution is 7.89. The molecule has 1 amide bonds. The van der Waals surface area contributed by atoms with Gasteiger partial charge in [-0.3, -0.25) is 4.79 Å². The Bertz CT molecular complexity index is 1240. The van der Waals surface area contributed by atoms with Crippen molar-refractivity contribution in [1.29, 1.82) is 0 Å². The highest BCUT2D eigenvalue weighted by atomic mass is 35.5. The molecule has 0 heterocycles. The number of hydrogen-bond acceptors (Lipinski definition) is 3. The first-order chi connectivity index (χ1) is 15.1. The maximum absolute atomic E-state index is 14.3. The second-order valence-electron chi connectivity index (χ2n) is 6.60. The molecule has 0 atom stereocenters. The molecule has 1 N–H and O–H groups in total. The molecular weight excluding hydrogens is 505 g/mol. The molecule has 0 fully saturated rings. The lowest BCUT2D eigenvalue weighted by atomic mass is 10.2. The van der Waals surface area contributed by atoms with Crippen LogP contribution in [0.2, 0.25) is 15.1 Å². The quantitative estimate of drug-likeness (QED) is 0.432. The first-order valence-electron chi connectivity index (χ1n) is 9.01. The largest absolute Gasteiger partial charge is 0.325 e. The van der Waals surface area contributed by atoms with Gasteiger partial charge < -0.3 is 5.32 Å². The summed E-state index contributed by atoms with van der Waals surface area (Å²) in [7, 11) is -4.25. The lowest BCUT2D eigenvalue weighted by molar-refractivity contribution is -0.116. The normalized spacial score (nSPS) is 11.6. The minimum atomic E-state index is -4.25. The van der Waals surface area contributed by atoms with E-state index in [1.54, 1.807) is 0 Å². The first-order valence-corrected chi connectivity index (χ1v) is 11.6. The van der Waals surface area contributed by atoms with Gasteiger partial charge in [-0.15, -0.1) is 0 Å². The van der Waals surface area contributed by atoms with E-state index in [0.717, 1.165) is 16.4 Å². The van der Waals surface area contributed by atoms with E-state index in [2.05, 4.69) is 5.32 Å². The van der Waals surface area contributed by atoms with Gasteiger partial charge in [0.2, 0.25) is 15.9 Å². The SMILES string of the molecule is O=C(CN(Cc1c(F)cccc1Cl)S(=O)(=O)c1ccc(Cl)cc1)Nc1ccc(F)c(Cl)c1. The lowest BCUT2D eigenvalue weighted by Gasteiger charge is -2.23. The van der Waals surface area contributed by atoms with Crippen molar-refractivity contribution < 1.29 is 22.0 Å². The fraction of sp³-hybridized carbons (Fsp3) is 0.0952. The third-order valence-electron chi connectivity index (χ3n) is 4.37. The molecule has 0 aliphatic heterocycles. The van der Waals surface area contributed by atoms with Crippen LogP contribution in [-0.4, -0.2) is 25.2 Å². The number of amides is 1. The summed E-state index contributed by atoms with van der Waals surface area (Å²) in [5, 5.41) is 2.55. The number of sulfonamides is 1. The summed E-state index contributed by atoms with van der Waals surface area (Å²) < 4.78 is 54.9. The van der Waals surface area contributed by atoms with E-state index in [-0.39, 0.29) is 26.2 Å². The Labute approximate surface area is 198 Å². The van der Waals surface area contributed by atoms with Gasteiger partial charge in [0.15, 0.2) is 0 Å². The van der Waals surface area contributed by atoms with Gasteiger partial charge in [-0.05, 0) is 54.6 Å². The van der Waals surface area contributed by atoms with Crippen LogP contribution in [0.1, 0.15) is 5.56 Å². The van der Waals surface area contributed by atoms with Crippen molar-refractivity contribution in [1.82, 2.24) is 4.31 Å². The number of nitrogens with one attached hydrogen (secondary N) is 1. The van der Waals surface area contributed by atoms with Crippen molar-refractivity contribution in [2.45, 2.75) is 11.4 Å². The molecule has 5 nitrogen and oxygen atoms in total. The Hall–Kier alpha value is -2.23. The average molecular weight is 520 g/mol. The van der Waals surface area contributed by atoms with Crippen molar-refractivity contribution in [3.8, 4) is 0 Å². The third-order valence-corrected chi connectivity index (χ3v) is 7.07. The van der Waals surface area contributed by atoms with E-state index in [4.69, 9.17) is 34.8 Å². The molecule has 0 saturated carbocycles. The molecule has 32 heavy (non-hydrogen) atoms. The highest BCUT2D eigenvalue weighted by Gasteiger charge is 2.28. The molecule has 3 rings (SSSR count). The number of benzene rings is 3. The van der Waals surface area contributed by atoms with Gasteiger partial charge >= 0.3 is 0 Å². The number of carbonyl (C=O) groups is 1. The van der Waals surface area contributed by atoms with Crippen molar-refractivity contribution in [3.63, 3.8) is 0 Å². The molecule has 0 radical (unpaired) electrons. The van der Waals surface area contributed by atoms with Crippen LogP contribution in [0.3, 0.4) is 0 Å². The standard InChI is InChI=1S/C21H15Cl3F2N2O3S/c22-13-4-7-15(8-5-13)32(30,31)28(11-16-17(23)2-1-3-19(16)25)12-21(29)27-14-6-9-20(26)18(24)10-14/h1-10H,11-12H2,(H,27,29). The van der Waals surface area contributed by atoms with Gasteiger partial charge in [0.25, 0.3) is 0 Å². The molecular formula is C21H15Cl3F2N2O3S. The fourth-order valence-electron chi connectivity index (χ4n) is 2.78. The van der Waals surface area contributed by atoms with Crippen LogP contribution in [0.25, 0.3) is 0 Å². The summed E-state index contributed by atoms with van der Waals surface area (Å²) in [6.45, 7) is -1.18. The molecule has 0 aliphatic carbocycles. The predicted octanol–water partition coefficient (Wildman–Crippen LogP) is 5.75. The van der Waals surface area contributed by atoms with E-state index in [1.165, 1.54) is 48.5 Å². The smallest absolute Gasteiger partial charge is 0.243 e. The molecule has 168 valence electrons. The topological polar surface area (TPSA) is 66.5 Å². The zero-order valence-corrected chi connectivity index (χ0v) is 19.2. The Balaban J connectivity index is 1.93. The Morgan fingerprint density at radius 1 is 0.906 bits per heavy atom. The molecule has 0 aliphatic rings. The second kappa shape index (κ2) is 10.1. The van der Waals surface area contributed by atoms with Crippen LogP contribution < -0.4 is 5.32 Å². The van der Waals surface area contributed by atoms with Crippen molar-refractivity contribution in [2.75, 3.05) is 11.9 Å². The fourth-order valence-corrected chi connectivity index (χ4v) is 4.67. The molecule has 0 saturated heterocycles. The molecule has 0 spiro atoms. The summed E-state index contributed by atoms with van der Waals surface area (Å²) in [5.74, 6) is -2.15. The summed E-state index contributed by atoms with van der Waals surface area (Å²) in [6.07, 6.45) is 0. The van der Waals surface area contributed by atoms with Gasteiger partial charge in [-0.1, -0.05) is 40.9 Å². The summed E-state index contributed by atoms with van der Waals surface area (Å²) in [6, 6.07) is 12.7. The number of halogens is 5. The van der Waals surface area contributed by atoms with Crippen LogP contribution in [-0.2, 0) is 21.4 Å². The monoisotopic (exact) mass is 518 g/mol. The number of hydrogen-bond donors (Lipinski definition) is 1. The zero-order valence-electron chi connectivity index (χ0n) is 16.2. The summed E-state index contributed by atoms with van der Waals surface area (Å²) in [5.41, 5.74) is 0.0681. The minimum Gasteiger partial charge on any atom is -0.325 e. The summed E-state index contributed by atoms with van der Waals surface area (Å²) >= 11 is 17.6. The molecule has 0 unspecified atom stereocenters. The number of anilines is 1.